The molecule has 0 aromatic carbocycles. The second kappa shape index (κ2) is 4.75. The molecule has 1 fully saturated rings. The van der Waals surface area contributed by atoms with Crippen LogP contribution in [0.1, 0.15) is 59.3 Å². The molecule has 4 aliphatic carbocycles. The standard InChI is InChI=1S/C21H30O2/c1-19-10-7-15(23-4)13-14(19)5-6-16-17(19)8-11-20(2)18(16)9-12-21(20,3)22/h5,8,13,16,18,22H,6-7,9-12H2,1-4H3/t16?,18?,19-,20?,21-/m0/s1. The molecule has 0 amide bonds. The van der Waals surface area contributed by atoms with E-state index >= 15 is 0 Å². The summed E-state index contributed by atoms with van der Waals surface area (Å²) < 4.78 is 5.50. The molecule has 0 spiro atoms. The lowest BCUT2D eigenvalue weighted by atomic mass is 9.52. The van der Waals surface area contributed by atoms with Crippen LogP contribution < -0.4 is 0 Å². The quantitative estimate of drug-likeness (QED) is 0.707. The first-order valence-electron chi connectivity index (χ1n) is 9.20. The van der Waals surface area contributed by atoms with Crippen LogP contribution in [0.3, 0.4) is 0 Å². The van der Waals surface area contributed by atoms with Gasteiger partial charge in [-0.25, -0.2) is 0 Å². The maximum atomic E-state index is 10.9. The fourth-order valence-electron chi connectivity index (χ4n) is 6.00. The van der Waals surface area contributed by atoms with Crippen LogP contribution in [0.15, 0.2) is 35.1 Å². The summed E-state index contributed by atoms with van der Waals surface area (Å²) in [5, 5.41) is 10.9. The van der Waals surface area contributed by atoms with Gasteiger partial charge in [0.2, 0.25) is 0 Å². The summed E-state index contributed by atoms with van der Waals surface area (Å²) in [5.74, 6) is 2.37. The van der Waals surface area contributed by atoms with Gasteiger partial charge < -0.3 is 9.84 Å². The van der Waals surface area contributed by atoms with E-state index in [1.165, 1.54) is 12.0 Å². The van der Waals surface area contributed by atoms with Gasteiger partial charge in [-0.15, -0.1) is 0 Å². The Hall–Kier alpha value is -1.02. The summed E-state index contributed by atoms with van der Waals surface area (Å²) in [7, 11) is 1.78. The zero-order valence-corrected chi connectivity index (χ0v) is 15.0. The summed E-state index contributed by atoms with van der Waals surface area (Å²) >= 11 is 0. The molecule has 0 aromatic heterocycles. The first-order valence-corrected chi connectivity index (χ1v) is 9.20. The van der Waals surface area contributed by atoms with Gasteiger partial charge in [0.1, 0.15) is 0 Å². The Balaban J connectivity index is 1.75. The van der Waals surface area contributed by atoms with E-state index in [1.807, 2.05) is 0 Å². The van der Waals surface area contributed by atoms with Crippen LogP contribution in [0, 0.1) is 22.7 Å². The smallest absolute Gasteiger partial charge is 0.0958 e. The normalized spacial score (nSPS) is 48.5. The van der Waals surface area contributed by atoms with E-state index < -0.39 is 5.60 Å². The van der Waals surface area contributed by atoms with Gasteiger partial charge in [-0.1, -0.05) is 31.6 Å². The summed E-state index contributed by atoms with van der Waals surface area (Å²) in [4.78, 5) is 0. The number of fused-ring (bicyclic) bond motifs is 5. The fourth-order valence-corrected chi connectivity index (χ4v) is 6.00. The number of methoxy groups -OCH3 is 1. The van der Waals surface area contributed by atoms with E-state index in [2.05, 4.69) is 39.0 Å². The van der Waals surface area contributed by atoms with Gasteiger partial charge in [0.25, 0.3) is 0 Å². The Kier molecular flexibility index (Phi) is 3.20. The SMILES string of the molecule is COC1=CC2=CCC3C(=CCC4(C)C3CC[C@]4(C)O)[C@@]2(C)CC1. The van der Waals surface area contributed by atoms with E-state index in [0.29, 0.717) is 11.8 Å². The highest BCUT2D eigenvalue weighted by Gasteiger charge is 2.59. The molecule has 1 N–H and O–H groups in total. The van der Waals surface area contributed by atoms with Crippen LogP contribution in [-0.4, -0.2) is 17.8 Å². The molecular weight excluding hydrogens is 284 g/mol. The lowest BCUT2D eigenvalue weighted by Gasteiger charge is -2.53. The Morgan fingerprint density at radius 2 is 1.96 bits per heavy atom. The van der Waals surface area contributed by atoms with E-state index in [9.17, 15) is 5.11 Å². The van der Waals surface area contributed by atoms with Gasteiger partial charge in [0.15, 0.2) is 0 Å². The second-order valence-corrected chi connectivity index (χ2v) is 8.85. The maximum Gasteiger partial charge on any atom is 0.0958 e. The van der Waals surface area contributed by atoms with Gasteiger partial charge in [-0.05, 0) is 62.5 Å². The predicted octanol–water partition coefficient (Wildman–Crippen LogP) is 4.76. The predicted molar refractivity (Wildman–Crippen MR) is 92.8 cm³/mol. The van der Waals surface area contributed by atoms with Crippen molar-refractivity contribution in [3.63, 3.8) is 0 Å². The highest BCUT2D eigenvalue weighted by Crippen LogP contribution is 2.64. The first kappa shape index (κ1) is 15.5. The van der Waals surface area contributed by atoms with Crippen molar-refractivity contribution < 1.29 is 9.84 Å². The summed E-state index contributed by atoms with van der Waals surface area (Å²) in [6.45, 7) is 6.81. The molecule has 0 bridgehead atoms. The molecule has 23 heavy (non-hydrogen) atoms. The fraction of sp³-hybridized carbons (Fsp3) is 0.714. The lowest BCUT2D eigenvalue weighted by Crippen LogP contribution is -2.48. The van der Waals surface area contributed by atoms with Crippen molar-refractivity contribution in [2.24, 2.45) is 22.7 Å². The molecule has 5 atom stereocenters. The topological polar surface area (TPSA) is 29.5 Å². The van der Waals surface area contributed by atoms with Gasteiger partial charge in [-0.3, -0.25) is 0 Å². The van der Waals surface area contributed by atoms with Gasteiger partial charge in [-0.2, -0.15) is 0 Å². The highest BCUT2D eigenvalue weighted by molar-refractivity contribution is 5.45. The second-order valence-electron chi connectivity index (χ2n) is 8.85. The average molecular weight is 314 g/mol. The Bertz CT molecular complexity index is 624. The molecule has 4 aliphatic rings. The molecular formula is C21H30O2. The van der Waals surface area contributed by atoms with E-state index in [0.717, 1.165) is 37.9 Å². The average Bonchev–Trinajstić information content (AvgIpc) is 2.77. The van der Waals surface area contributed by atoms with Crippen LogP contribution in [0.2, 0.25) is 0 Å². The third-order valence-electron chi connectivity index (χ3n) is 7.94. The zero-order chi connectivity index (χ0) is 16.5. The number of rotatable bonds is 1. The number of hydrogen-bond donors (Lipinski definition) is 1. The monoisotopic (exact) mass is 314 g/mol. The van der Waals surface area contributed by atoms with Crippen LogP contribution in [0.4, 0.5) is 0 Å². The van der Waals surface area contributed by atoms with Crippen molar-refractivity contribution in [1.82, 2.24) is 0 Å². The van der Waals surface area contributed by atoms with Crippen molar-refractivity contribution in [2.75, 3.05) is 7.11 Å². The van der Waals surface area contributed by atoms with Crippen molar-refractivity contribution in [3.8, 4) is 0 Å². The number of allylic oxidation sites excluding steroid dienone is 6. The first-order chi connectivity index (χ1) is 10.8. The van der Waals surface area contributed by atoms with Crippen LogP contribution >= 0.6 is 0 Å². The number of hydrogen-bond acceptors (Lipinski definition) is 2. The Morgan fingerprint density at radius 1 is 1.17 bits per heavy atom. The summed E-state index contributed by atoms with van der Waals surface area (Å²) in [6, 6.07) is 0. The Labute approximate surface area is 140 Å². The number of aliphatic hydroxyl groups is 1. The number of ether oxygens (including phenoxy) is 1. The molecule has 0 saturated heterocycles. The minimum atomic E-state index is -0.514. The molecule has 4 rings (SSSR count). The molecule has 0 radical (unpaired) electrons. The van der Waals surface area contributed by atoms with E-state index in [4.69, 9.17) is 4.74 Å². The lowest BCUT2D eigenvalue weighted by molar-refractivity contribution is -0.0654. The van der Waals surface area contributed by atoms with Crippen molar-refractivity contribution >= 4 is 0 Å². The molecule has 126 valence electrons. The van der Waals surface area contributed by atoms with Gasteiger partial charge in [0.05, 0.1) is 18.5 Å². The molecule has 3 unspecified atom stereocenters. The van der Waals surface area contributed by atoms with E-state index in [1.54, 1.807) is 12.7 Å². The van der Waals surface area contributed by atoms with Gasteiger partial charge >= 0.3 is 0 Å². The van der Waals surface area contributed by atoms with Crippen molar-refractivity contribution in [3.05, 3.63) is 35.1 Å². The molecule has 2 nitrogen and oxygen atoms in total. The van der Waals surface area contributed by atoms with Crippen molar-refractivity contribution in [1.29, 1.82) is 0 Å². The van der Waals surface area contributed by atoms with Gasteiger partial charge in [0, 0.05) is 17.3 Å². The molecule has 0 heterocycles. The molecule has 0 aromatic rings. The maximum absolute atomic E-state index is 10.9. The van der Waals surface area contributed by atoms with E-state index in [-0.39, 0.29) is 10.8 Å². The third kappa shape index (κ3) is 1.91. The molecule has 2 heteroatoms. The minimum absolute atomic E-state index is 0.0467. The van der Waals surface area contributed by atoms with Crippen LogP contribution in [-0.2, 0) is 4.74 Å². The Morgan fingerprint density at radius 3 is 2.70 bits per heavy atom. The largest absolute Gasteiger partial charge is 0.501 e. The van der Waals surface area contributed by atoms with Crippen LogP contribution in [0.25, 0.3) is 0 Å². The van der Waals surface area contributed by atoms with Crippen molar-refractivity contribution in [2.45, 2.75) is 64.9 Å². The highest BCUT2D eigenvalue weighted by atomic mass is 16.5. The third-order valence-corrected chi connectivity index (χ3v) is 7.94. The summed E-state index contributed by atoms with van der Waals surface area (Å²) in [5.41, 5.74) is 2.82. The minimum Gasteiger partial charge on any atom is -0.501 e. The zero-order valence-electron chi connectivity index (χ0n) is 15.0. The summed E-state index contributed by atoms with van der Waals surface area (Å²) in [6.07, 6.45) is 13.7. The molecule has 1 saturated carbocycles. The molecule has 0 aliphatic heterocycles. The van der Waals surface area contributed by atoms with Crippen LogP contribution in [0.5, 0.6) is 0 Å².